The van der Waals surface area contributed by atoms with Gasteiger partial charge in [-0.05, 0) is 61.6 Å². The number of hydrogen-bond acceptors (Lipinski definition) is 3. The van der Waals surface area contributed by atoms with E-state index in [1.165, 1.54) is 18.5 Å². The van der Waals surface area contributed by atoms with Crippen LogP contribution in [0.2, 0.25) is 0 Å². The van der Waals surface area contributed by atoms with Gasteiger partial charge in [-0.1, -0.05) is 25.1 Å². The van der Waals surface area contributed by atoms with Crippen LogP contribution >= 0.6 is 0 Å². The summed E-state index contributed by atoms with van der Waals surface area (Å²) in [5.74, 6) is 1.42. The van der Waals surface area contributed by atoms with E-state index in [0.717, 1.165) is 24.6 Å². The predicted octanol–water partition coefficient (Wildman–Crippen LogP) is 4.42. The molecule has 26 heavy (non-hydrogen) atoms. The number of hydrogen-bond donors (Lipinski definition) is 1. The highest BCUT2D eigenvalue weighted by Crippen LogP contribution is 2.24. The zero-order chi connectivity index (χ0) is 18.5. The van der Waals surface area contributed by atoms with Crippen LogP contribution in [-0.2, 0) is 0 Å². The van der Waals surface area contributed by atoms with Crippen molar-refractivity contribution in [3.8, 4) is 5.75 Å². The van der Waals surface area contributed by atoms with E-state index in [9.17, 15) is 4.79 Å². The lowest BCUT2D eigenvalue weighted by Gasteiger charge is -2.32. The average molecular weight is 352 g/mol. The molecule has 138 valence electrons. The van der Waals surface area contributed by atoms with E-state index in [2.05, 4.69) is 41.4 Å². The smallest absolute Gasteiger partial charge is 0.251 e. The Kier molecular flexibility index (Phi) is 5.82. The number of nitrogens with one attached hydrogen (secondary N) is 1. The van der Waals surface area contributed by atoms with E-state index in [0.29, 0.717) is 11.3 Å². The number of benzene rings is 2. The molecule has 1 unspecified atom stereocenters. The summed E-state index contributed by atoms with van der Waals surface area (Å²) in [7, 11) is 1.60. The van der Waals surface area contributed by atoms with Crippen LogP contribution in [0.4, 0.5) is 5.69 Å². The number of methoxy groups -OCH3 is 1. The molecular weight excluding hydrogens is 324 g/mol. The lowest BCUT2D eigenvalue weighted by molar-refractivity contribution is 0.0939. The summed E-state index contributed by atoms with van der Waals surface area (Å²) in [4.78, 5) is 14.9. The Balaban J connectivity index is 1.62. The Morgan fingerprint density at radius 2 is 1.85 bits per heavy atom. The maximum Gasteiger partial charge on any atom is 0.251 e. The largest absolute Gasteiger partial charge is 0.497 e. The number of amides is 1. The van der Waals surface area contributed by atoms with Gasteiger partial charge in [0.05, 0.1) is 13.2 Å². The summed E-state index contributed by atoms with van der Waals surface area (Å²) < 4.78 is 5.19. The van der Waals surface area contributed by atoms with Crippen LogP contribution in [0.1, 0.15) is 48.7 Å². The normalized spacial score (nSPS) is 16.2. The first kappa shape index (κ1) is 18.3. The van der Waals surface area contributed by atoms with Crippen molar-refractivity contribution < 1.29 is 9.53 Å². The van der Waals surface area contributed by atoms with E-state index in [1.807, 2.05) is 19.1 Å². The fraction of sp³-hybridized carbons (Fsp3) is 0.409. The number of nitrogens with zero attached hydrogens (tertiary/aromatic N) is 1. The van der Waals surface area contributed by atoms with Gasteiger partial charge in [0.15, 0.2) is 0 Å². The lowest BCUT2D eigenvalue weighted by Crippen LogP contribution is -2.32. The second-order valence-electron chi connectivity index (χ2n) is 7.19. The molecule has 0 aromatic heterocycles. The Bertz CT molecular complexity index is 734. The van der Waals surface area contributed by atoms with Crippen LogP contribution in [0.15, 0.2) is 48.5 Å². The second kappa shape index (κ2) is 8.26. The first-order valence-corrected chi connectivity index (χ1v) is 9.36. The molecule has 1 aliphatic heterocycles. The van der Waals surface area contributed by atoms with Crippen LogP contribution in [0, 0.1) is 5.92 Å². The van der Waals surface area contributed by atoms with Gasteiger partial charge in [-0.25, -0.2) is 0 Å². The van der Waals surface area contributed by atoms with Gasteiger partial charge in [-0.2, -0.15) is 0 Å². The van der Waals surface area contributed by atoms with Crippen molar-refractivity contribution in [2.24, 2.45) is 5.92 Å². The Morgan fingerprint density at radius 1 is 1.15 bits per heavy atom. The lowest BCUT2D eigenvalue weighted by atomic mass is 9.98. The number of carbonyl (C=O) groups excluding carboxylic acids is 1. The van der Waals surface area contributed by atoms with Crippen molar-refractivity contribution in [3.63, 3.8) is 0 Å². The minimum absolute atomic E-state index is 0.0517. The first-order valence-electron chi connectivity index (χ1n) is 9.36. The topological polar surface area (TPSA) is 41.6 Å². The zero-order valence-corrected chi connectivity index (χ0v) is 15.9. The number of rotatable bonds is 5. The highest BCUT2D eigenvalue weighted by molar-refractivity contribution is 5.94. The van der Waals surface area contributed by atoms with Crippen LogP contribution in [0.5, 0.6) is 5.75 Å². The third-order valence-corrected chi connectivity index (χ3v) is 5.22. The first-order chi connectivity index (χ1) is 12.6. The van der Waals surface area contributed by atoms with Gasteiger partial charge in [0.1, 0.15) is 5.75 Å². The molecule has 1 fully saturated rings. The summed E-state index contributed by atoms with van der Waals surface area (Å²) >= 11 is 0. The van der Waals surface area contributed by atoms with Gasteiger partial charge in [0.25, 0.3) is 5.91 Å². The minimum atomic E-state index is -0.0921. The highest BCUT2D eigenvalue weighted by Gasteiger charge is 2.17. The molecule has 3 rings (SSSR count). The molecule has 4 nitrogen and oxygen atoms in total. The quantitative estimate of drug-likeness (QED) is 0.866. The molecule has 1 aliphatic rings. The highest BCUT2D eigenvalue weighted by atomic mass is 16.5. The molecule has 4 heteroatoms. The number of piperidine rings is 1. The van der Waals surface area contributed by atoms with Crippen molar-refractivity contribution in [1.82, 2.24) is 5.32 Å². The zero-order valence-electron chi connectivity index (χ0n) is 15.9. The predicted molar refractivity (Wildman–Crippen MR) is 106 cm³/mol. The molecule has 2 aromatic rings. The standard InChI is InChI=1S/C22H28N2O2/c1-16-11-13-24(14-12-16)20-9-7-18(8-10-20)17(2)23-22(25)19-5-4-6-21(15-19)26-3/h4-10,15-17H,11-14H2,1-3H3,(H,23,25). The van der Waals surface area contributed by atoms with Gasteiger partial charge < -0.3 is 15.0 Å². The maximum atomic E-state index is 12.5. The summed E-state index contributed by atoms with van der Waals surface area (Å²) in [6.07, 6.45) is 2.52. The van der Waals surface area contributed by atoms with Crippen molar-refractivity contribution >= 4 is 11.6 Å². The Morgan fingerprint density at radius 3 is 2.50 bits per heavy atom. The maximum absolute atomic E-state index is 12.5. The summed E-state index contributed by atoms with van der Waals surface area (Å²) in [5.41, 5.74) is 2.98. The number of anilines is 1. The van der Waals surface area contributed by atoms with E-state index in [1.54, 1.807) is 19.2 Å². The number of ether oxygens (including phenoxy) is 1. The monoisotopic (exact) mass is 352 g/mol. The molecule has 0 aliphatic carbocycles. The molecule has 1 saturated heterocycles. The summed E-state index contributed by atoms with van der Waals surface area (Å²) in [6, 6.07) is 15.7. The average Bonchev–Trinajstić information content (AvgIpc) is 2.68. The van der Waals surface area contributed by atoms with Gasteiger partial charge >= 0.3 is 0 Å². The van der Waals surface area contributed by atoms with E-state index >= 15 is 0 Å². The summed E-state index contributed by atoms with van der Waals surface area (Å²) in [5, 5.41) is 3.06. The third-order valence-electron chi connectivity index (χ3n) is 5.22. The molecular formula is C22H28N2O2. The van der Waals surface area contributed by atoms with Crippen LogP contribution in [0.3, 0.4) is 0 Å². The van der Waals surface area contributed by atoms with Crippen LogP contribution < -0.4 is 15.0 Å². The third kappa shape index (κ3) is 4.37. The van der Waals surface area contributed by atoms with Crippen molar-refractivity contribution in [3.05, 3.63) is 59.7 Å². The molecule has 2 aromatic carbocycles. The SMILES string of the molecule is COc1cccc(C(=O)NC(C)c2ccc(N3CCC(C)CC3)cc2)c1. The van der Waals surface area contributed by atoms with Crippen LogP contribution in [-0.4, -0.2) is 26.1 Å². The second-order valence-corrected chi connectivity index (χ2v) is 7.19. The van der Waals surface area contributed by atoms with Crippen molar-refractivity contribution in [1.29, 1.82) is 0 Å². The van der Waals surface area contributed by atoms with E-state index in [4.69, 9.17) is 4.74 Å². The molecule has 0 spiro atoms. The molecule has 1 heterocycles. The number of carbonyl (C=O) groups is 1. The molecule has 0 bridgehead atoms. The summed E-state index contributed by atoms with van der Waals surface area (Å²) in [6.45, 7) is 6.59. The fourth-order valence-corrected chi connectivity index (χ4v) is 3.37. The molecule has 0 radical (unpaired) electrons. The molecule has 0 saturated carbocycles. The Labute approximate surface area is 156 Å². The fourth-order valence-electron chi connectivity index (χ4n) is 3.37. The molecule has 1 atom stereocenters. The van der Waals surface area contributed by atoms with Crippen LogP contribution in [0.25, 0.3) is 0 Å². The van der Waals surface area contributed by atoms with Gasteiger partial charge in [0, 0.05) is 24.3 Å². The minimum Gasteiger partial charge on any atom is -0.497 e. The van der Waals surface area contributed by atoms with Gasteiger partial charge in [-0.3, -0.25) is 4.79 Å². The van der Waals surface area contributed by atoms with E-state index < -0.39 is 0 Å². The molecule has 1 amide bonds. The molecule has 1 N–H and O–H groups in total. The van der Waals surface area contributed by atoms with Gasteiger partial charge in [-0.15, -0.1) is 0 Å². The Hall–Kier alpha value is -2.49. The van der Waals surface area contributed by atoms with Gasteiger partial charge in [0.2, 0.25) is 0 Å². The van der Waals surface area contributed by atoms with E-state index in [-0.39, 0.29) is 11.9 Å². The van der Waals surface area contributed by atoms with Crippen molar-refractivity contribution in [2.75, 3.05) is 25.1 Å². The van der Waals surface area contributed by atoms with Crippen molar-refractivity contribution in [2.45, 2.75) is 32.7 Å².